The molecule has 25 heavy (non-hydrogen) atoms. The smallest absolute Gasteiger partial charge is 0.164 e. The fraction of sp³-hybridized carbons (Fsp3) is 0.727. The molecule has 0 heterocycles. The first-order chi connectivity index (χ1) is 12.2. The van der Waals surface area contributed by atoms with Crippen LogP contribution >= 0.6 is 0 Å². The number of methoxy groups -OCH3 is 1. The van der Waals surface area contributed by atoms with Gasteiger partial charge in [0, 0.05) is 12.6 Å². The molecule has 0 aliphatic heterocycles. The third-order valence-corrected chi connectivity index (χ3v) is 5.21. The van der Waals surface area contributed by atoms with Crippen LogP contribution in [0.2, 0.25) is 0 Å². The molecular formula is C22H37NO2. The normalized spacial score (nSPS) is 14.8. The van der Waals surface area contributed by atoms with Crippen LogP contribution in [0.4, 0.5) is 0 Å². The molecule has 142 valence electrons. The molecule has 1 aromatic carbocycles. The summed E-state index contributed by atoms with van der Waals surface area (Å²) >= 11 is 0. The Hall–Kier alpha value is -1.22. The van der Waals surface area contributed by atoms with Gasteiger partial charge >= 0.3 is 0 Å². The van der Waals surface area contributed by atoms with Crippen LogP contribution in [0.3, 0.4) is 0 Å². The van der Waals surface area contributed by atoms with Crippen LogP contribution in [-0.2, 0) is 6.54 Å². The van der Waals surface area contributed by atoms with E-state index >= 15 is 0 Å². The van der Waals surface area contributed by atoms with Crippen LogP contribution in [-0.4, -0.2) is 19.8 Å². The first-order valence-electron chi connectivity index (χ1n) is 10.3. The summed E-state index contributed by atoms with van der Waals surface area (Å²) in [4.78, 5) is 0. The number of ether oxygens (including phenoxy) is 2. The van der Waals surface area contributed by atoms with E-state index in [9.17, 15) is 0 Å². The summed E-state index contributed by atoms with van der Waals surface area (Å²) in [6.07, 6.45) is 13.1. The third-order valence-electron chi connectivity index (χ3n) is 5.21. The Labute approximate surface area is 154 Å². The maximum absolute atomic E-state index is 6.05. The standard InChI is InChI=1S/C22H37NO2/c1-4-5-6-7-8-11-14-25-22-18(2)15-19(16-21(22)24-3)17-23-20-12-9-10-13-20/h15-16,20,23H,4-14,17H2,1-3H3. The van der Waals surface area contributed by atoms with E-state index in [2.05, 4.69) is 31.3 Å². The van der Waals surface area contributed by atoms with Crippen molar-refractivity contribution in [2.75, 3.05) is 13.7 Å². The van der Waals surface area contributed by atoms with Crippen molar-refractivity contribution < 1.29 is 9.47 Å². The summed E-state index contributed by atoms with van der Waals surface area (Å²) < 4.78 is 11.6. The van der Waals surface area contributed by atoms with Gasteiger partial charge in [-0.3, -0.25) is 0 Å². The van der Waals surface area contributed by atoms with Crippen LogP contribution < -0.4 is 14.8 Å². The van der Waals surface area contributed by atoms with Gasteiger partial charge in [-0.05, 0) is 43.4 Å². The highest BCUT2D eigenvalue weighted by Gasteiger charge is 2.15. The molecule has 3 nitrogen and oxygen atoms in total. The maximum atomic E-state index is 6.05. The van der Waals surface area contributed by atoms with E-state index < -0.39 is 0 Å². The Balaban J connectivity index is 1.81. The zero-order valence-corrected chi connectivity index (χ0v) is 16.5. The molecule has 1 aliphatic carbocycles. The van der Waals surface area contributed by atoms with E-state index in [4.69, 9.17) is 9.47 Å². The second-order valence-corrected chi connectivity index (χ2v) is 7.42. The number of aryl methyl sites for hydroxylation is 1. The van der Waals surface area contributed by atoms with Gasteiger partial charge in [-0.15, -0.1) is 0 Å². The fourth-order valence-electron chi connectivity index (χ4n) is 3.70. The SMILES string of the molecule is CCCCCCCCOc1c(C)cc(CNC2CCCC2)cc1OC. The second-order valence-electron chi connectivity index (χ2n) is 7.42. The molecule has 0 spiro atoms. The van der Waals surface area contributed by atoms with Crippen LogP contribution in [0, 0.1) is 6.92 Å². The van der Waals surface area contributed by atoms with Crippen molar-refractivity contribution in [1.29, 1.82) is 0 Å². The van der Waals surface area contributed by atoms with Crippen molar-refractivity contribution in [1.82, 2.24) is 5.32 Å². The monoisotopic (exact) mass is 347 g/mol. The molecule has 1 aromatic rings. The number of benzene rings is 1. The average molecular weight is 348 g/mol. The number of nitrogens with one attached hydrogen (secondary N) is 1. The van der Waals surface area contributed by atoms with Gasteiger partial charge in [-0.2, -0.15) is 0 Å². The van der Waals surface area contributed by atoms with Crippen molar-refractivity contribution in [3.8, 4) is 11.5 Å². The maximum Gasteiger partial charge on any atom is 0.164 e. The molecule has 1 fully saturated rings. The first kappa shape index (κ1) is 20.1. The quantitative estimate of drug-likeness (QED) is 0.486. The molecule has 2 rings (SSSR count). The lowest BCUT2D eigenvalue weighted by Gasteiger charge is -2.17. The number of hydrogen-bond acceptors (Lipinski definition) is 3. The molecule has 0 atom stereocenters. The highest BCUT2D eigenvalue weighted by Crippen LogP contribution is 2.33. The summed E-state index contributed by atoms with van der Waals surface area (Å²) in [5.41, 5.74) is 2.46. The minimum Gasteiger partial charge on any atom is -0.493 e. The first-order valence-corrected chi connectivity index (χ1v) is 10.3. The molecule has 0 bridgehead atoms. The molecule has 1 aliphatic rings. The van der Waals surface area contributed by atoms with Crippen molar-refractivity contribution in [3.63, 3.8) is 0 Å². The van der Waals surface area contributed by atoms with Crippen molar-refractivity contribution in [2.45, 2.75) is 90.6 Å². The predicted molar refractivity (Wildman–Crippen MR) is 106 cm³/mol. The van der Waals surface area contributed by atoms with Gasteiger partial charge in [0.15, 0.2) is 11.5 Å². The van der Waals surface area contributed by atoms with Crippen molar-refractivity contribution in [2.24, 2.45) is 0 Å². The Morgan fingerprint density at radius 2 is 1.76 bits per heavy atom. The highest BCUT2D eigenvalue weighted by molar-refractivity contribution is 5.49. The molecule has 0 amide bonds. The molecule has 0 saturated heterocycles. The number of hydrogen-bond donors (Lipinski definition) is 1. The number of unbranched alkanes of at least 4 members (excludes halogenated alkanes) is 5. The van der Waals surface area contributed by atoms with Gasteiger partial charge in [0.25, 0.3) is 0 Å². The van der Waals surface area contributed by atoms with Crippen molar-refractivity contribution in [3.05, 3.63) is 23.3 Å². The Morgan fingerprint density at radius 3 is 2.48 bits per heavy atom. The van der Waals surface area contributed by atoms with Crippen LogP contribution in [0.1, 0.15) is 82.3 Å². The molecule has 1 N–H and O–H groups in total. The summed E-state index contributed by atoms with van der Waals surface area (Å²) in [5, 5.41) is 3.68. The Kier molecular flexibility index (Phi) is 9.17. The second kappa shape index (κ2) is 11.4. The van der Waals surface area contributed by atoms with E-state index in [0.29, 0.717) is 6.04 Å². The van der Waals surface area contributed by atoms with Gasteiger partial charge in [0.1, 0.15) is 0 Å². The van der Waals surface area contributed by atoms with Gasteiger partial charge in [-0.1, -0.05) is 57.9 Å². The Bertz CT molecular complexity index is 495. The fourth-order valence-corrected chi connectivity index (χ4v) is 3.70. The molecule has 0 radical (unpaired) electrons. The topological polar surface area (TPSA) is 30.5 Å². The van der Waals surface area contributed by atoms with Crippen LogP contribution in [0.15, 0.2) is 12.1 Å². The zero-order valence-electron chi connectivity index (χ0n) is 16.5. The average Bonchev–Trinajstić information content (AvgIpc) is 3.13. The van der Waals surface area contributed by atoms with Crippen LogP contribution in [0.5, 0.6) is 11.5 Å². The van der Waals surface area contributed by atoms with E-state index in [1.165, 1.54) is 68.9 Å². The lowest BCUT2D eigenvalue weighted by atomic mass is 10.1. The number of rotatable bonds is 12. The van der Waals surface area contributed by atoms with E-state index in [1.807, 2.05) is 0 Å². The summed E-state index contributed by atoms with van der Waals surface area (Å²) in [5.74, 6) is 1.79. The molecule has 3 heteroatoms. The predicted octanol–water partition coefficient (Wildman–Crippen LogP) is 5.78. The molecule has 1 saturated carbocycles. The molecule has 0 aromatic heterocycles. The van der Waals surface area contributed by atoms with Crippen molar-refractivity contribution >= 4 is 0 Å². The largest absolute Gasteiger partial charge is 0.493 e. The third kappa shape index (κ3) is 6.89. The highest BCUT2D eigenvalue weighted by atomic mass is 16.5. The lowest BCUT2D eigenvalue weighted by Crippen LogP contribution is -2.25. The Morgan fingerprint density at radius 1 is 1.04 bits per heavy atom. The van der Waals surface area contributed by atoms with Gasteiger partial charge in [0.05, 0.1) is 13.7 Å². The van der Waals surface area contributed by atoms with Gasteiger partial charge < -0.3 is 14.8 Å². The zero-order chi connectivity index (χ0) is 17.9. The molecular weight excluding hydrogens is 310 g/mol. The lowest BCUT2D eigenvalue weighted by molar-refractivity contribution is 0.282. The summed E-state index contributed by atoms with van der Waals surface area (Å²) in [6.45, 7) is 6.08. The van der Waals surface area contributed by atoms with Crippen LogP contribution in [0.25, 0.3) is 0 Å². The summed E-state index contributed by atoms with van der Waals surface area (Å²) in [6, 6.07) is 5.06. The van der Waals surface area contributed by atoms with Gasteiger partial charge in [0.2, 0.25) is 0 Å². The molecule has 0 unspecified atom stereocenters. The summed E-state index contributed by atoms with van der Waals surface area (Å²) in [7, 11) is 1.74. The van der Waals surface area contributed by atoms with E-state index in [1.54, 1.807) is 7.11 Å². The minimum absolute atomic E-state index is 0.690. The van der Waals surface area contributed by atoms with E-state index in [-0.39, 0.29) is 0 Å². The van der Waals surface area contributed by atoms with E-state index in [0.717, 1.165) is 31.1 Å². The van der Waals surface area contributed by atoms with Gasteiger partial charge in [-0.25, -0.2) is 0 Å². The minimum atomic E-state index is 0.690.